The molecule has 0 saturated carbocycles. The van der Waals surface area contributed by atoms with E-state index < -0.39 is 0 Å². The Hall–Kier alpha value is -2.28. The van der Waals surface area contributed by atoms with Crippen molar-refractivity contribution in [1.82, 2.24) is 14.7 Å². The lowest BCUT2D eigenvalue weighted by atomic mass is 10.1. The molecule has 2 saturated heterocycles. The second kappa shape index (κ2) is 9.08. The highest BCUT2D eigenvalue weighted by atomic mass is 16.5. The molecule has 148 valence electrons. The molecule has 7 heteroatoms. The van der Waals surface area contributed by atoms with Crippen molar-refractivity contribution >= 4 is 12.0 Å². The third kappa shape index (κ3) is 4.71. The Bertz CT molecular complexity index is 660. The van der Waals surface area contributed by atoms with E-state index in [0.29, 0.717) is 26.1 Å². The number of nitrogens with zero attached hydrogens (tertiary/aromatic N) is 3. The van der Waals surface area contributed by atoms with Gasteiger partial charge in [0.05, 0.1) is 26.7 Å². The van der Waals surface area contributed by atoms with Crippen molar-refractivity contribution in [2.75, 3.05) is 53.5 Å². The third-order valence-electron chi connectivity index (χ3n) is 5.44. The number of likely N-dealkylation sites (tertiary alicyclic amines) is 1. The second-order valence-electron chi connectivity index (χ2n) is 7.15. The van der Waals surface area contributed by atoms with Gasteiger partial charge in [-0.15, -0.1) is 0 Å². The van der Waals surface area contributed by atoms with Gasteiger partial charge in [-0.1, -0.05) is 18.2 Å². The van der Waals surface area contributed by atoms with E-state index in [0.717, 1.165) is 30.9 Å². The van der Waals surface area contributed by atoms with E-state index in [1.807, 2.05) is 29.2 Å². The zero-order valence-electron chi connectivity index (χ0n) is 16.2. The highest BCUT2D eigenvalue weighted by Crippen LogP contribution is 2.21. The fraction of sp³-hybridized carbons (Fsp3) is 0.600. The van der Waals surface area contributed by atoms with E-state index in [1.54, 1.807) is 12.0 Å². The van der Waals surface area contributed by atoms with Crippen LogP contribution in [0.1, 0.15) is 18.4 Å². The average molecular weight is 375 g/mol. The smallest absolute Gasteiger partial charge is 0.409 e. The van der Waals surface area contributed by atoms with Crippen LogP contribution in [-0.4, -0.2) is 86.2 Å². The van der Waals surface area contributed by atoms with Gasteiger partial charge in [-0.2, -0.15) is 0 Å². The summed E-state index contributed by atoms with van der Waals surface area (Å²) >= 11 is 0. The molecule has 0 aliphatic carbocycles. The Labute approximate surface area is 160 Å². The number of hydrogen-bond donors (Lipinski definition) is 0. The molecule has 7 nitrogen and oxygen atoms in total. The number of amides is 2. The van der Waals surface area contributed by atoms with Gasteiger partial charge in [0, 0.05) is 31.7 Å². The molecule has 0 aromatic heterocycles. The first kappa shape index (κ1) is 19.5. The van der Waals surface area contributed by atoms with Gasteiger partial charge in [0.2, 0.25) is 5.91 Å². The molecule has 2 aliphatic rings. The monoisotopic (exact) mass is 375 g/mol. The average Bonchev–Trinajstić information content (AvgIpc) is 3.20. The van der Waals surface area contributed by atoms with Crippen LogP contribution in [0, 0.1) is 0 Å². The summed E-state index contributed by atoms with van der Waals surface area (Å²) in [5, 5.41) is 0. The number of rotatable bonds is 5. The van der Waals surface area contributed by atoms with Crippen molar-refractivity contribution < 1.29 is 19.1 Å². The summed E-state index contributed by atoms with van der Waals surface area (Å²) in [4.78, 5) is 31.1. The van der Waals surface area contributed by atoms with Crippen LogP contribution < -0.4 is 4.74 Å². The van der Waals surface area contributed by atoms with E-state index in [1.165, 1.54) is 20.0 Å². The van der Waals surface area contributed by atoms with Crippen LogP contribution in [0.4, 0.5) is 4.79 Å². The van der Waals surface area contributed by atoms with Crippen LogP contribution in [0.25, 0.3) is 0 Å². The van der Waals surface area contributed by atoms with Gasteiger partial charge in [-0.3, -0.25) is 4.79 Å². The molecule has 2 fully saturated rings. The number of methoxy groups -OCH3 is 2. The lowest BCUT2D eigenvalue weighted by molar-refractivity contribution is -0.135. The number of ether oxygens (including phenoxy) is 2. The second-order valence-corrected chi connectivity index (χ2v) is 7.15. The molecule has 2 aliphatic heterocycles. The maximum atomic E-state index is 13.1. The lowest BCUT2D eigenvalue weighted by Crippen LogP contribution is -2.59. The number of carbonyl (C=O) groups excluding carboxylic acids is 2. The third-order valence-corrected chi connectivity index (χ3v) is 5.44. The van der Waals surface area contributed by atoms with Gasteiger partial charge >= 0.3 is 6.09 Å². The summed E-state index contributed by atoms with van der Waals surface area (Å²) in [6.07, 6.45) is 2.38. The topological polar surface area (TPSA) is 62.3 Å². The van der Waals surface area contributed by atoms with Crippen molar-refractivity contribution in [2.24, 2.45) is 0 Å². The van der Waals surface area contributed by atoms with Crippen LogP contribution >= 0.6 is 0 Å². The first-order valence-corrected chi connectivity index (χ1v) is 9.59. The van der Waals surface area contributed by atoms with Crippen LogP contribution in [0.5, 0.6) is 5.75 Å². The largest absolute Gasteiger partial charge is 0.496 e. The number of hydrogen-bond acceptors (Lipinski definition) is 5. The summed E-state index contributed by atoms with van der Waals surface area (Å²) in [6.45, 7) is 4.46. The van der Waals surface area contributed by atoms with Gasteiger partial charge in [-0.25, -0.2) is 4.79 Å². The zero-order valence-corrected chi connectivity index (χ0v) is 16.2. The summed E-state index contributed by atoms with van der Waals surface area (Å²) in [7, 11) is 3.02. The van der Waals surface area contributed by atoms with Crippen molar-refractivity contribution in [3.63, 3.8) is 0 Å². The lowest BCUT2D eigenvalue weighted by Gasteiger charge is -2.42. The summed E-state index contributed by atoms with van der Waals surface area (Å²) in [6, 6.07) is 7.61. The maximum absolute atomic E-state index is 13.1. The maximum Gasteiger partial charge on any atom is 0.409 e. The molecule has 1 aromatic rings. The molecule has 0 radical (unpaired) electrons. The zero-order chi connectivity index (χ0) is 19.2. The molecular weight excluding hydrogens is 346 g/mol. The predicted octanol–water partition coefficient (Wildman–Crippen LogP) is 1.61. The van der Waals surface area contributed by atoms with E-state index in [4.69, 9.17) is 9.47 Å². The van der Waals surface area contributed by atoms with Crippen LogP contribution in [-0.2, 0) is 16.0 Å². The van der Waals surface area contributed by atoms with Crippen molar-refractivity contribution in [1.29, 1.82) is 0 Å². The number of carbonyl (C=O) groups is 2. The van der Waals surface area contributed by atoms with Gasteiger partial charge < -0.3 is 24.2 Å². The quantitative estimate of drug-likeness (QED) is 0.783. The SMILES string of the molecule is COC(=O)N1CCN(C(=O)Cc2ccccc2OC)C(CN2CCCC2)C1. The van der Waals surface area contributed by atoms with Crippen LogP contribution in [0.3, 0.4) is 0 Å². The Morgan fingerprint density at radius 3 is 2.52 bits per heavy atom. The van der Waals surface area contributed by atoms with E-state index in [-0.39, 0.29) is 18.0 Å². The van der Waals surface area contributed by atoms with Crippen LogP contribution in [0.15, 0.2) is 24.3 Å². The summed E-state index contributed by atoms with van der Waals surface area (Å²) < 4.78 is 10.3. The molecule has 3 rings (SSSR count). The number of para-hydroxylation sites is 1. The Kier molecular flexibility index (Phi) is 6.55. The standard InChI is InChI=1S/C20H29N3O4/c1-26-18-8-4-3-7-16(18)13-19(24)23-12-11-22(20(25)27-2)15-17(23)14-21-9-5-6-10-21/h3-4,7-8,17H,5-6,9-15H2,1-2H3. The fourth-order valence-electron chi connectivity index (χ4n) is 4.01. The summed E-state index contributed by atoms with van der Waals surface area (Å²) in [5.74, 6) is 0.809. The highest BCUT2D eigenvalue weighted by Gasteiger charge is 2.34. The molecule has 2 heterocycles. The van der Waals surface area contributed by atoms with Gasteiger partial charge in [-0.05, 0) is 32.0 Å². The number of piperazine rings is 1. The minimum absolute atomic E-state index is 0.0156. The van der Waals surface area contributed by atoms with Gasteiger partial charge in [0.15, 0.2) is 0 Å². The van der Waals surface area contributed by atoms with Gasteiger partial charge in [0.1, 0.15) is 5.75 Å². The molecule has 2 amide bonds. The first-order valence-electron chi connectivity index (χ1n) is 9.59. The fourth-order valence-corrected chi connectivity index (χ4v) is 4.01. The van der Waals surface area contributed by atoms with E-state index in [9.17, 15) is 9.59 Å². The molecule has 0 bridgehead atoms. The minimum atomic E-state index is -0.321. The van der Waals surface area contributed by atoms with Gasteiger partial charge in [0.25, 0.3) is 0 Å². The Morgan fingerprint density at radius 1 is 1.07 bits per heavy atom. The van der Waals surface area contributed by atoms with Crippen molar-refractivity contribution in [3.05, 3.63) is 29.8 Å². The molecule has 1 atom stereocenters. The molecular formula is C20H29N3O4. The molecule has 1 aromatic carbocycles. The molecule has 1 unspecified atom stereocenters. The van der Waals surface area contributed by atoms with Crippen molar-refractivity contribution in [3.8, 4) is 5.75 Å². The Morgan fingerprint density at radius 2 is 1.81 bits per heavy atom. The molecule has 27 heavy (non-hydrogen) atoms. The normalized spacial score (nSPS) is 20.6. The van der Waals surface area contributed by atoms with Crippen LogP contribution in [0.2, 0.25) is 0 Å². The summed E-state index contributed by atoms with van der Waals surface area (Å²) in [5.41, 5.74) is 0.889. The van der Waals surface area contributed by atoms with E-state index >= 15 is 0 Å². The first-order chi connectivity index (χ1) is 13.1. The Balaban J connectivity index is 1.71. The highest BCUT2D eigenvalue weighted by molar-refractivity contribution is 5.80. The van der Waals surface area contributed by atoms with Crippen molar-refractivity contribution in [2.45, 2.75) is 25.3 Å². The number of benzene rings is 1. The predicted molar refractivity (Wildman–Crippen MR) is 102 cm³/mol. The van der Waals surface area contributed by atoms with E-state index in [2.05, 4.69) is 4.90 Å². The molecule has 0 spiro atoms. The molecule has 0 N–H and O–H groups in total. The minimum Gasteiger partial charge on any atom is -0.496 e.